The highest BCUT2D eigenvalue weighted by Gasteiger charge is 2.34. The fourth-order valence-electron chi connectivity index (χ4n) is 5.93. The molecule has 0 fully saturated rings. The van der Waals surface area contributed by atoms with Crippen LogP contribution in [0.2, 0.25) is 0 Å². The SMILES string of the molecule is CCCCCCCCCCCCC(O)C(O)CCC(O)C(O)CCCCC(O)CCCCCC(O)CC1=C[C@](C)(O)OC1=O. The maximum absolute atomic E-state index is 11.7. The number of hydrogen-bond acceptors (Lipinski definition) is 9. The third-order valence-corrected chi connectivity index (χ3v) is 8.82. The summed E-state index contributed by atoms with van der Waals surface area (Å²) in [6, 6.07) is 0. The van der Waals surface area contributed by atoms with E-state index in [1.54, 1.807) is 0 Å². The monoisotopic (exact) mass is 630 g/mol. The number of hydrogen-bond donors (Lipinski definition) is 7. The molecule has 0 aromatic heterocycles. The maximum atomic E-state index is 11.7. The molecule has 7 N–H and O–H groups in total. The summed E-state index contributed by atoms with van der Waals surface area (Å²) in [7, 11) is 0. The van der Waals surface area contributed by atoms with Gasteiger partial charge in [0.15, 0.2) is 0 Å². The predicted molar refractivity (Wildman–Crippen MR) is 173 cm³/mol. The van der Waals surface area contributed by atoms with Gasteiger partial charge in [-0.15, -0.1) is 0 Å². The summed E-state index contributed by atoms with van der Waals surface area (Å²) in [5, 5.41) is 71.3. The summed E-state index contributed by atoms with van der Waals surface area (Å²) in [5.74, 6) is -2.19. The van der Waals surface area contributed by atoms with E-state index in [0.29, 0.717) is 44.1 Å². The smallest absolute Gasteiger partial charge is 0.336 e. The number of carbonyl (C=O) groups excluding carboxylic acids is 1. The van der Waals surface area contributed by atoms with Gasteiger partial charge in [-0.05, 0) is 51.0 Å². The summed E-state index contributed by atoms with van der Waals surface area (Å²) in [4.78, 5) is 11.7. The van der Waals surface area contributed by atoms with Gasteiger partial charge < -0.3 is 40.5 Å². The van der Waals surface area contributed by atoms with Gasteiger partial charge in [0.2, 0.25) is 5.79 Å². The Morgan fingerprint density at radius 2 is 0.932 bits per heavy atom. The van der Waals surface area contributed by atoms with E-state index in [-0.39, 0.29) is 19.3 Å². The van der Waals surface area contributed by atoms with E-state index >= 15 is 0 Å². The van der Waals surface area contributed by atoms with Crippen LogP contribution in [0.1, 0.15) is 162 Å². The molecular formula is C35H66O9. The lowest BCUT2D eigenvalue weighted by atomic mass is 9.96. The summed E-state index contributed by atoms with van der Waals surface area (Å²) in [6.45, 7) is 3.61. The second-order valence-electron chi connectivity index (χ2n) is 13.4. The Bertz CT molecular complexity index is 756. The van der Waals surface area contributed by atoms with Crippen LogP contribution in [0.4, 0.5) is 0 Å². The van der Waals surface area contributed by atoms with Crippen LogP contribution in [0.3, 0.4) is 0 Å². The van der Waals surface area contributed by atoms with E-state index in [0.717, 1.165) is 44.9 Å². The molecule has 9 heteroatoms. The highest BCUT2D eigenvalue weighted by Crippen LogP contribution is 2.26. The molecule has 0 aromatic carbocycles. The highest BCUT2D eigenvalue weighted by molar-refractivity contribution is 5.91. The Kier molecular flexibility index (Phi) is 22.5. The molecule has 0 saturated heterocycles. The molecular weight excluding hydrogens is 564 g/mol. The van der Waals surface area contributed by atoms with E-state index in [2.05, 4.69) is 6.92 Å². The van der Waals surface area contributed by atoms with Gasteiger partial charge in [0.1, 0.15) is 0 Å². The van der Waals surface area contributed by atoms with Crippen LogP contribution in [0.25, 0.3) is 0 Å². The van der Waals surface area contributed by atoms with Crippen LogP contribution in [-0.4, -0.2) is 84.1 Å². The van der Waals surface area contributed by atoms with Crippen molar-refractivity contribution in [2.75, 3.05) is 0 Å². The van der Waals surface area contributed by atoms with E-state index in [1.807, 2.05) is 0 Å². The number of esters is 1. The maximum Gasteiger partial charge on any atom is 0.336 e. The fourth-order valence-corrected chi connectivity index (χ4v) is 5.93. The first-order chi connectivity index (χ1) is 20.9. The minimum Gasteiger partial charge on any atom is -0.426 e. The molecule has 0 saturated carbocycles. The lowest BCUT2D eigenvalue weighted by Crippen LogP contribution is -2.31. The lowest BCUT2D eigenvalue weighted by molar-refractivity contribution is -0.173. The second kappa shape index (κ2) is 24.2. The van der Waals surface area contributed by atoms with E-state index < -0.39 is 48.4 Å². The van der Waals surface area contributed by atoms with Crippen molar-refractivity contribution in [1.29, 1.82) is 0 Å². The van der Waals surface area contributed by atoms with Crippen molar-refractivity contribution in [3.63, 3.8) is 0 Å². The van der Waals surface area contributed by atoms with Gasteiger partial charge in [0, 0.05) is 18.9 Å². The Labute approximate surface area is 266 Å². The van der Waals surface area contributed by atoms with Gasteiger partial charge in [0.05, 0.1) is 36.6 Å². The Morgan fingerprint density at radius 1 is 0.568 bits per heavy atom. The van der Waals surface area contributed by atoms with Gasteiger partial charge in [-0.1, -0.05) is 103 Å². The van der Waals surface area contributed by atoms with Crippen molar-refractivity contribution in [1.82, 2.24) is 0 Å². The Balaban J connectivity index is 2.01. The molecule has 0 aromatic rings. The van der Waals surface area contributed by atoms with Crippen molar-refractivity contribution >= 4 is 5.97 Å². The molecule has 1 aliphatic rings. The summed E-state index contributed by atoms with van der Waals surface area (Å²) in [6.07, 6.45) is 16.1. The summed E-state index contributed by atoms with van der Waals surface area (Å²) >= 11 is 0. The standard InChI is InChI=1S/C35H66O9/c1-3-4-5-6-7-8-9-10-11-15-21-30(38)32(40)23-24-33(41)31(39)22-17-16-19-28(36)18-13-12-14-20-29(37)25-27-26-35(2,43)44-34(27)42/h26,28-33,36-41,43H,3-25H2,1-2H3/t28?,29?,30?,31?,32?,33?,35-/m1/s1. The minimum atomic E-state index is -1.60. The number of ether oxygens (including phenoxy) is 1. The molecule has 0 spiro atoms. The molecule has 44 heavy (non-hydrogen) atoms. The molecule has 0 radical (unpaired) electrons. The molecule has 6 unspecified atom stereocenters. The van der Waals surface area contributed by atoms with Gasteiger partial charge >= 0.3 is 5.97 Å². The molecule has 260 valence electrons. The Hall–Kier alpha value is -1.07. The number of cyclic esters (lactones) is 1. The third-order valence-electron chi connectivity index (χ3n) is 8.82. The van der Waals surface area contributed by atoms with Crippen LogP contribution in [0, 0.1) is 0 Å². The van der Waals surface area contributed by atoms with Gasteiger partial charge in [-0.3, -0.25) is 0 Å². The van der Waals surface area contributed by atoms with Gasteiger partial charge in [-0.2, -0.15) is 0 Å². The fraction of sp³-hybridized carbons (Fsp3) is 0.914. The molecule has 0 bridgehead atoms. The normalized spacial score (nSPS) is 21.0. The van der Waals surface area contributed by atoms with Crippen LogP contribution in [0.15, 0.2) is 11.6 Å². The average molecular weight is 631 g/mol. The number of rotatable bonds is 29. The zero-order chi connectivity index (χ0) is 32.8. The molecule has 0 aliphatic carbocycles. The first-order valence-electron chi connectivity index (χ1n) is 17.7. The summed E-state index contributed by atoms with van der Waals surface area (Å²) < 4.78 is 4.79. The van der Waals surface area contributed by atoms with Crippen LogP contribution in [-0.2, 0) is 9.53 Å². The number of aliphatic hydroxyl groups excluding tert-OH is 6. The highest BCUT2D eigenvalue weighted by atomic mass is 16.7. The first-order valence-corrected chi connectivity index (χ1v) is 17.7. The zero-order valence-electron chi connectivity index (χ0n) is 27.8. The van der Waals surface area contributed by atoms with Crippen molar-refractivity contribution in [2.45, 2.75) is 204 Å². The number of unbranched alkanes of at least 4 members (excludes halogenated alkanes) is 12. The second-order valence-corrected chi connectivity index (χ2v) is 13.4. The number of carbonyl (C=O) groups is 1. The Morgan fingerprint density at radius 3 is 1.41 bits per heavy atom. The molecule has 1 aliphatic heterocycles. The van der Waals surface area contributed by atoms with Crippen LogP contribution < -0.4 is 0 Å². The zero-order valence-corrected chi connectivity index (χ0v) is 27.8. The molecule has 1 rings (SSSR count). The summed E-state index contributed by atoms with van der Waals surface area (Å²) in [5.41, 5.74) is 0.293. The first kappa shape index (κ1) is 41.0. The molecule has 7 atom stereocenters. The predicted octanol–water partition coefficient (Wildman–Crippen LogP) is 5.34. The average Bonchev–Trinajstić information content (AvgIpc) is 3.24. The largest absolute Gasteiger partial charge is 0.426 e. The van der Waals surface area contributed by atoms with E-state index in [4.69, 9.17) is 4.74 Å². The van der Waals surface area contributed by atoms with Crippen LogP contribution >= 0.6 is 0 Å². The van der Waals surface area contributed by atoms with Crippen molar-refractivity contribution in [3.8, 4) is 0 Å². The lowest BCUT2D eigenvalue weighted by Gasteiger charge is -2.22. The quantitative estimate of drug-likeness (QED) is 0.0426. The van der Waals surface area contributed by atoms with Crippen LogP contribution in [0.5, 0.6) is 0 Å². The van der Waals surface area contributed by atoms with E-state index in [9.17, 15) is 40.5 Å². The van der Waals surface area contributed by atoms with E-state index in [1.165, 1.54) is 57.9 Å². The van der Waals surface area contributed by atoms with Crippen molar-refractivity contribution < 1.29 is 45.3 Å². The van der Waals surface area contributed by atoms with Crippen molar-refractivity contribution in [2.24, 2.45) is 0 Å². The molecule has 1 heterocycles. The van der Waals surface area contributed by atoms with Gasteiger partial charge in [0.25, 0.3) is 0 Å². The minimum absolute atomic E-state index is 0.153. The molecule has 0 amide bonds. The van der Waals surface area contributed by atoms with Gasteiger partial charge in [-0.25, -0.2) is 4.79 Å². The topological polar surface area (TPSA) is 168 Å². The number of aliphatic hydroxyl groups is 7. The van der Waals surface area contributed by atoms with Crippen molar-refractivity contribution in [3.05, 3.63) is 11.6 Å². The third kappa shape index (κ3) is 20.1. The molecule has 9 nitrogen and oxygen atoms in total.